The Balaban J connectivity index is 2.39. The Kier molecular flexibility index (Phi) is 7.94. The predicted octanol–water partition coefficient (Wildman–Crippen LogP) is 1.93. The number of anilines is 3. The van der Waals surface area contributed by atoms with Crippen LogP contribution in [-0.2, 0) is 11.3 Å². The van der Waals surface area contributed by atoms with Gasteiger partial charge in [0.15, 0.2) is 0 Å². The van der Waals surface area contributed by atoms with Crippen LogP contribution >= 0.6 is 0 Å². The van der Waals surface area contributed by atoms with Gasteiger partial charge in [0.2, 0.25) is 5.91 Å². The molecule has 11 heteroatoms. The molecule has 0 saturated carbocycles. The van der Waals surface area contributed by atoms with E-state index in [1.165, 1.54) is 27.7 Å². The van der Waals surface area contributed by atoms with Crippen LogP contribution in [0.2, 0.25) is 0 Å². The molecule has 1 aromatic carbocycles. The van der Waals surface area contributed by atoms with E-state index in [4.69, 9.17) is 5.73 Å². The highest BCUT2D eigenvalue weighted by molar-refractivity contribution is 5.96. The molecule has 2 aromatic rings. The summed E-state index contributed by atoms with van der Waals surface area (Å²) in [5.41, 5.74) is 4.74. The molecule has 0 atom stereocenters. The molecule has 31 heavy (non-hydrogen) atoms. The van der Waals surface area contributed by atoms with E-state index in [-0.39, 0.29) is 35.3 Å². The minimum absolute atomic E-state index is 0.0166. The number of hydrogen-bond donors (Lipinski definition) is 3. The molecule has 168 valence electrons. The molecule has 11 nitrogen and oxygen atoms in total. The van der Waals surface area contributed by atoms with Gasteiger partial charge >= 0.3 is 5.69 Å². The summed E-state index contributed by atoms with van der Waals surface area (Å²) in [7, 11) is 0. The van der Waals surface area contributed by atoms with Crippen LogP contribution in [0, 0.1) is 16.0 Å². The van der Waals surface area contributed by atoms with Gasteiger partial charge < -0.3 is 16.0 Å². The van der Waals surface area contributed by atoms with Crippen LogP contribution in [0.25, 0.3) is 0 Å². The van der Waals surface area contributed by atoms with E-state index in [1.54, 1.807) is 6.07 Å². The second-order valence-electron chi connectivity index (χ2n) is 7.60. The summed E-state index contributed by atoms with van der Waals surface area (Å²) in [4.78, 5) is 51.8. The number of rotatable bonds is 10. The zero-order valence-corrected chi connectivity index (χ0v) is 17.9. The van der Waals surface area contributed by atoms with E-state index in [1.807, 2.05) is 20.8 Å². The molecular formula is C20H28N6O5. The van der Waals surface area contributed by atoms with Crippen molar-refractivity contribution in [2.75, 3.05) is 29.0 Å². The van der Waals surface area contributed by atoms with Gasteiger partial charge in [0, 0.05) is 19.2 Å². The first kappa shape index (κ1) is 23.6. The van der Waals surface area contributed by atoms with Gasteiger partial charge in [-0.1, -0.05) is 39.3 Å². The van der Waals surface area contributed by atoms with E-state index in [0.717, 1.165) is 6.42 Å². The van der Waals surface area contributed by atoms with Crippen LogP contribution in [0.5, 0.6) is 0 Å². The lowest BCUT2D eigenvalue weighted by Gasteiger charge is -2.26. The van der Waals surface area contributed by atoms with Crippen LogP contribution < -0.4 is 27.2 Å². The molecule has 0 aliphatic carbocycles. The van der Waals surface area contributed by atoms with Gasteiger partial charge in [-0.05, 0) is 18.4 Å². The Hall–Kier alpha value is -3.63. The molecule has 2 rings (SSSR count). The SMILES string of the molecule is CCCCN(CC(=O)Nc1ccccc1[N+](=O)[O-])c1c(N)n(CC(C)C)c(=O)[nH]c1=O. The summed E-state index contributed by atoms with van der Waals surface area (Å²) in [6, 6.07) is 5.78. The molecule has 0 aliphatic rings. The van der Waals surface area contributed by atoms with Gasteiger partial charge in [-0.2, -0.15) is 0 Å². The standard InChI is InChI=1S/C20H28N6O5/c1-4-5-10-24(12-16(27)22-14-8-6-7-9-15(14)26(30)31)17-18(21)25(11-13(2)3)20(29)23-19(17)28/h6-9,13H,4-5,10-12,21H2,1-3H3,(H,22,27)(H,23,28,29). The number of carbonyl (C=O) groups is 1. The van der Waals surface area contributed by atoms with Gasteiger partial charge in [-0.3, -0.25) is 29.3 Å². The molecule has 0 saturated heterocycles. The minimum atomic E-state index is -0.683. The van der Waals surface area contributed by atoms with Gasteiger partial charge in [0.1, 0.15) is 17.2 Å². The monoisotopic (exact) mass is 432 g/mol. The number of nitro benzene ring substituents is 1. The summed E-state index contributed by atoms with van der Waals surface area (Å²) in [6.45, 7) is 6.15. The molecule has 1 heterocycles. The molecule has 0 fully saturated rings. The van der Waals surface area contributed by atoms with E-state index in [2.05, 4.69) is 10.3 Å². The minimum Gasteiger partial charge on any atom is -0.383 e. The van der Waals surface area contributed by atoms with Gasteiger partial charge in [0.25, 0.3) is 11.2 Å². The maximum absolute atomic E-state index is 12.7. The van der Waals surface area contributed by atoms with Gasteiger partial charge in [-0.15, -0.1) is 0 Å². The Labute approximate surface area is 179 Å². The second-order valence-corrected chi connectivity index (χ2v) is 7.60. The third-order valence-corrected chi connectivity index (χ3v) is 4.57. The van der Waals surface area contributed by atoms with Crippen LogP contribution in [0.15, 0.2) is 33.9 Å². The molecule has 1 amide bonds. The summed E-state index contributed by atoms with van der Waals surface area (Å²) >= 11 is 0. The Morgan fingerprint density at radius 2 is 2.00 bits per heavy atom. The van der Waals surface area contributed by atoms with E-state index in [0.29, 0.717) is 19.5 Å². The number of amides is 1. The topological polar surface area (TPSA) is 156 Å². The number of nitrogens with zero attached hydrogens (tertiary/aromatic N) is 3. The zero-order valence-electron chi connectivity index (χ0n) is 17.9. The molecule has 0 radical (unpaired) electrons. The normalized spacial score (nSPS) is 10.8. The molecular weight excluding hydrogens is 404 g/mol. The number of benzene rings is 1. The predicted molar refractivity (Wildman–Crippen MR) is 119 cm³/mol. The number of unbranched alkanes of at least 4 members (excludes halogenated alkanes) is 1. The Morgan fingerprint density at radius 1 is 1.32 bits per heavy atom. The fraction of sp³-hybridized carbons (Fsp3) is 0.450. The van der Waals surface area contributed by atoms with Crippen molar-refractivity contribution in [2.45, 2.75) is 40.2 Å². The second kappa shape index (κ2) is 10.4. The summed E-state index contributed by atoms with van der Waals surface area (Å²) in [5, 5.41) is 13.7. The van der Waals surface area contributed by atoms with Crippen LogP contribution in [-0.4, -0.2) is 33.5 Å². The molecule has 4 N–H and O–H groups in total. The molecule has 0 unspecified atom stereocenters. The van der Waals surface area contributed by atoms with Gasteiger partial charge in [0.05, 0.1) is 11.5 Å². The van der Waals surface area contributed by atoms with Gasteiger partial charge in [-0.25, -0.2) is 4.79 Å². The number of para-hydroxylation sites is 2. The van der Waals surface area contributed by atoms with Crippen LogP contribution in [0.4, 0.5) is 22.9 Å². The number of hydrogen-bond acceptors (Lipinski definition) is 7. The van der Waals surface area contributed by atoms with Crippen LogP contribution in [0.3, 0.4) is 0 Å². The number of nitrogen functional groups attached to an aromatic ring is 1. The van der Waals surface area contributed by atoms with Crippen molar-refractivity contribution in [1.82, 2.24) is 9.55 Å². The number of carbonyl (C=O) groups excluding carboxylic acids is 1. The van der Waals surface area contributed by atoms with Crippen molar-refractivity contribution in [1.29, 1.82) is 0 Å². The zero-order chi connectivity index (χ0) is 23.1. The Morgan fingerprint density at radius 3 is 2.61 bits per heavy atom. The van der Waals surface area contributed by atoms with Crippen molar-refractivity contribution in [3.8, 4) is 0 Å². The van der Waals surface area contributed by atoms with Crippen molar-refractivity contribution in [2.24, 2.45) is 5.92 Å². The average molecular weight is 432 g/mol. The summed E-state index contributed by atoms with van der Waals surface area (Å²) < 4.78 is 1.28. The third-order valence-electron chi connectivity index (χ3n) is 4.57. The molecule has 0 spiro atoms. The number of nitro groups is 1. The lowest BCUT2D eigenvalue weighted by atomic mass is 10.2. The van der Waals surface area contributed by atoms with Crippen molar-refractivity contribution >= 4 is 28.8 Å². The number of H-pyrrole nitrogens is 1. The summed E-state index contributed by atoms with van der Waals surface area (Å²) in [6.07, 6.45) is 1.46. The number of aromatic nitrogens is 2. The quantitative estimate of drug-likeness (QED) is 0.382. The number of aromatic amines is 1. The highest BCUT2D eigenvalue weighted by Gasteiger charge is 2.22. The fourth-order valence-corrected chi connectivity index (χ4v) is 3.15. The summed E-state index contributed by atoms with van der Waals surface area (Å²) in [5.74, 6) is -0.465. The van der Waals surface area contributed by atoms with Crippen molar-refractivity contribution < 1.29 is 9.72 Å². The highest BCUT2D eigenvalue weighted by Crippen LogP contribution is 2.24. The lowest BCUT2D eigenvalue weighted by molar-refractivity contribution is -0.383. The maximum Gasteiger partial charge on any atom is 0.330 e. The number of nitrogens with two attached hydrogens (primary N) is 1. The van der Waals surface area contributed by atoms with Crippen molar-refractivity contribution in [3.05, 3.63) is 55.2 Å². The Bertz CT molecular complexity index is 1060. The third kappa shape index (κ3) is 5.93. The first-order valence-electron chi connectivity index (χ1n) is 10.1. The first-order valence-corrected chi connectivity index (χ1v) is 10.1. The van der Waals surface area contributed by atoms with Crippen LogP contribution in [0.1, 0.15) is 33.6 Å². The number of nitrogens with one attached hydrogen (secondary N) is 2. The van der Waals surface area contributed by atoms with E-state index in [9.17, 15) is 24.5 Å². The van der Waals surface area contributed by atoms with Crippen molar-refractivity contribution in [3.63, 3.8) is 0 Å². The lowest BCUT2D eigenvalue weighted by Crippen LogP contribution is -2.42. The first-order chi connectivity index (χ1) is 14.6. The average Bonchev–Trinajstić information content (AvgIpc) is 2.69. The molecule has 0 bridgehead atoms. The fourth-order valence-electron chi connectivity index (χ4n) is 3.15. The van der Waals surface area contributed by atoms with E-state index >= 15 is 0 Å². The largest absolute Gasteiger partial charge is 0.383 e. The molecule has 0 aliphatic heterocycles. The maximum atomic E-state index is 12.7. The van der Waals surface area contributed by atoms with E-state index < -0.39 is 22.1 Å². The molecule has 1 aromatic heterocycles. The smallest absolute Gasteiger partial charge is 0.330 e. The highest BCUT2D eigenvalue weighted by atomic mass is 16.6.